The Morgan fingerprint density at radius 3 is 2.60 bits per heavy atom. The number of thiophene rings is 1. The Bertz CT molecular complexity index is 471. The number of aryl methyl sites for hydroxylation is 2. The van der Waals surface area contributed by atoms with Crippen LogP contribution in [0.1, 0.15) is 16.7 Å². The van der Waals surface area contributed by atoms with Crippen molar-refractivity contribution in [2.45, 2.75) is 20.4 Å². The summed E-state index contributed by atoms with van der Waals surface area (Å²) in [6, 6.07) is 6.56. The van der Waals surface area contributed by atoms with Gasteiger partial charge in [-0.2, -0.15) is 11.3 Å². The van der Waals surface area contributed by atoms with Gasteiger partial charge in [0.15, 0.2) is 0 Å². The Labute approximate surface area is 94.6 Å². The van der Waals surface area contributed by atoms with Gasteiger partial charge in [-0.25, -0.2) is 0 Å². The molecule has 0 saturated carbocycles. The average molecular weight is 217 g/mol. The molecule has 0 bridgehead atoms. The van der Waals surface area contributed by atoms with E-state index in [0.29, 0.717) is 6.54 Å². The summed E-state index contributed by atoms with van der Waals surface area (Å²) in [5.74, 6) is 0. The van der Waals surface area contributed by atoms with Crippen molar-refractivity contribution in [1.82, 2.24) is 0 Å². The summed E-state index contributed by atoms with van der Waals surface area (Å²) in [6.45, 7) is 4.89. The molecule has 0 unspecified atom stereocenters. The number of benzene rings is 1. The summed E-state index contributed by atoms with van der Waals surface area (Å²) in [4.78, 5) is 0. The van der Waals surface area contributed by atoms with Crippen molar-refractivity contribution in [3.8, 4) is 11.1 Å². The molecule has 2 rings (SSSR count). The minimum atomic E-state index is 0.617. The van der Waals surface area contributed by atoms with Crippen LogP contribution in [0, 0.1) is 13.8 Å². The topological polar surface area (TPSA) is 26.0 Å². The van der Waals surface area contributed by atoms with Crippen LogP contribution in [0.3, 0.4) is 0 Å². The predicted molar refractivity (Wildman–Crippen MR) is 67.1 cm³/mol. The number of nitrogens with two attached hydrogens (primary N) is 1. The van der Waals surface area contributed by atoms with E-state index < -0.39 is 0 Å². The van der Waals surface area contributed by atoms with Crippen LogP contribution in [0.4, 0.5) is 0 Å². The van der Waals surface area contributed by atoms with Gasteiger partial charge in [-0.05, 0) is 46.9 Å². The molecule has 0 amide bonds. The first-order valence-corrected chi connectivity index (χ1v) is 5.99. The van der Waals surface area contributed by atoms with E-state index in [1.54, 1.807) is 11.3 Å². The Morgan fingerprint density at radius 2 is 1.93 bits per heavy atom. The highest BCUT2D eigenvalue weighted by molar-refractivity contribution is 7.08. The maximum absolute atomic E-state index is 5.72. The molecule has 1 nitrogen and oxygen atoms in total. The summed E-state index contributed by atoms with van der Waals surface area (Å²) >= 11 is 1.72. The van der Waals surface area contributed by atoms with Crippen LogP contribution in [0.15, 0.2) is 29.0 Å². The SMILES string of the molecule is Cc1ccc(-c2cscc2CN)c(C)c1. The summed E-state index contributed by atoms with van der Waals surface area (Å²) in [5, 5.41) is 4.31. The van der Waals surface area contributed by atoms with Crippen molar-refractivity contribution in [3.05, 3.63) is 45.6 Å². The highest BCUT2D eigenvalue weighted by Crippen LogP contribution is 2.30. The summed E-state index contributed by atoms with van der Waals surface area (Å²) in [7, 11) is 0. The molecular formula is C13H15NS. The van der Waals surface area contributed by atoms with Crippen molar-refractivity contribution in [2.75, 3.05) is 0 Å². The van der Waals surface area contributed by atoms with Crippen LogP contribution in [0.2, 0.25) is 0 Å². The molecule has 2 N–H and O–H groups in total. The molecule has 78 valence electrons. The third-order valence-corrected chi connectivity index (χ3v) is 3.43. The van der Waals surface area contributed by atoms with Crippen LogP contribution >= 0.6 is 11.3 Å². The fraction of sp³-hybridized carbons (Fsp3) is 0.231. The minimum absolute atomic E-state index is 0.617. The number of hydrogen-bond acceptors (Lipinski definition) is 2. The van der Waals surface area contributed by atoms with E-state index in [-0.39, 0.29) is 0 Å². The second-order valence-corrected chi connectivity index (χ2v) is 4.58. The largest absolute Gasteiger partial charge is 0.326 e. The molecule has 0 atom stereocenters. The molecule has 0 aliphatic heterocycles. The van der Waals surface area contributed by atoms with E-state index in [0.717, 1.165) is 0 Å². The molecule has 0 saturated heterocycles. The van der Waals surface area contributed by atoms with E-state index in [1.807, 2.05) is 0 Å². The predicted octanol–water partition coefficient (Wildman–Crippen LogP) is 3.49. The molecule has 0 aliphatic rings. The van der Waals surface area contributed by atoms with E-state index in [4.69, 9.17) is 5.73 Å². The van der Waals surface area contributed by atoms with Crippen LogP contribution in [0.5, 0.6) is 0 Å². The molecule has 0 spiro atoms. The Balaban J connectivity index is 2.54. The Kier molecular flexibility index (Phi) is 2.89. The van der Waals surface area contributed by atoms with E-state index in [2.05, 4.69) is 42.8 Å². The highest BCUT2D eigenvalue weighted by atomic mass is 32.1. The molecule has 15 heavy (non-hydrogen) atoms. The monoisotopic (exact) mass is 217 g/mol. The molecule has 1 aromatic carbocycles. The first-order valence-electron chi connectivity index (χ1n) is 5.05. The van der Waals surface area contributed by atoms with Gasteiger partial charge < -0.3 is 5.73 Å². The molecule has 0 radical (unpaired) electrons. The lowest BCUT2D eigenvalue weighted by atomic mass is 9.98. The lowest BCUT2D eigenvalue weighted by Crippen LogP contribution is -1.96. The third kappa shape index (κ3) is 1.96. The van der Waals surface area contributed by atoms with Gasteiger partial charge in [0, 0.05) is 6.54 Å². The first kappa shape index (κ1) is 10.4. The van der Waals surface area contributed by atoms with Gasteiger partial charge in [0.25, 0.3) is 0 Å². The van der Waals surface area contributed by atoms with Gasteiger partial charge in [-0.1, -0.05) is 23.8 Å². The van der Waals surface area contributed by atoms with Gasteiger partial charge >= 0.3 is 0 Å². The molecule has 2 heteroatoms. The van der Waals surface area contributed by atoms with Gasteiger partial charge in [0.05, 0.1) is 0 Å². The van der Waals surface area contributed by atoms with E-state index in [1.165, 1.54) is 27.8 Å². The molecule has 0 aliphatic carbocycles. The fourth-order valence-corrected chi connectivity index (χ4v) is 2.70. The smallest absolute Gasteiger partial charge is 0.0192 e. The third-order valence-electron chi connectivity index (χ3n) is 2.63. The number of rotatable bonds is 2. The van der Waals surface area contributed by atoms with Crippen molar-refractivity contribution >= 4 is 11.3 Å². The summed E-state index contributed by atoms with van der Waals surface area (Å²) in [6.07, 6.45) is 0. The zero-order valence-electron chi connectivity index (χ0n) is 9.08. The van der Waals surface area contributed by atoms with Crippen LogP contribution in [-0.2, 0) is 6.54 Å². The average Bonchev–Trinajstić information content (AvgIpc) is 2.65. The molecular weight excluding hydrogens is 202 g/mol. The van der Waals surface area contributed by atoms with Crippen molar-refractivity contribution in [3.63, 3.8) is 0 Å². The maximum atomic E-state index is 5.72. The van der Waals surface area contributed by atoms with Gasteiger partial charge in [-0.15, -0.1) is 0 Å². The standard InChI is InChI=1S/C13H15NS/c1-9-3-4-12(10(2)5-9)13-8-15-7-11(13)6-14/h3-5,7-8H,6,14H2,1-2H3. The van der Waals surface area contributed by atoms with Crippen molar-refractivity contribution in [1.29, 1.82) is 0 Å². The van der Waals surface area contributed by atoms with Crippen LogP contribution in [-0.4, -0.2) is 0 Å². The van der Waals surface area contributed by atoms with Crippen molar-refractivity contribution < 1.29 is 0 Å². The van der Waals surface area contributed by atoms with Crippen LogP contribution < -0.4 is 5.73 Å². The van der Waals surface area contributed by atoms with Gasteiger partial charge in [0.1, 0.15) is 0 Å². The minimum Gasteiger partial charge on any atom is -0.326 e. The molecule has 2 aromatic rings. The second kappa shape index (κ2) is 4.17. The zero-order chi connectivity index (χ0) is 10.8. The van der Waals surface area contributed by atoms with Gasteiger partial charge in [-0.3, -0.25) is 0 Å². The van der Waals surface area contributed by atoms with E-state index >= 15 is 0 Å². The molecule has 1 aromatic heterocycles. The quantitative estimate of drug-likeness (QED) is 0.818. The van der Waals surface area contributed by atoms with E-state index in [9.17, 15) is 0 Å². The highest BCUT2D eigenvalue weighted by Gasteiger charge is 2.07. The van der Waals surface area contributed by atoms with Crippen molar-refractivity contribution in [2.24, 2.45) is 5.73 Å². The van der Waals surface area contributed by atoms with Gasteiger partial charge in [0.2, 0.25) is 0 Å². The summed E-state index contributed by atoms with van der Waals surface area (Å²) < 4.78 is 0. The first-order chi connectivity index (χ1) is 7.22. The molecule has 0 fully saturated rings. The maximum Gasteiger partial charge on any atom is 0.0192 e. The summed E-state index contributed by atoms with van der Waals surface area (Å²) in [5.41, 5.74) is 12.2. The zero-order valence-corrected chi connectivity index (χ0v) is 9.90. The number of hydrogen-bond donors (Lipinski definition) is 1. The molecule has 1 heterocycles. The second-order valence-electron chi connectivity index (χ2n) is 3.83. The normalized spacial score (nSPS) is 10.6. The Hall–Kier alpha value is -1.12. The Morgan fingerprint density at radius 1 is 1.13 bits per heavy atom. The fourth-order valence-electron chi connectivity index (χ4n) is 1.83. The lowest BCUT2D eigenvalue weighted by Gasteiger charge is -2.07. The van der Waals surface area contributed by atoms with Crippen LogP contribution in [0.25, 0.3) is 11.1 Å². The lowest BCUT2D eigenvalue weighted by molar-refractivity contribution is 1.08.